The van der Waals surface area contributed by atoms with Gasteiger partial charge >= 0.3 is 0 Å². The summed E-state index contributed by atoms with van der Waals surface area (Å²) in [7, 11) is -1.40. The lowest BCUT2D eigenvalue weighted by Gasteiger charge is -2.53. The van der Waals surface area contributed by atoms with Gasteiger partial charge in [0, 0.05) is 34.3 Å². The molecule has 0 amide bonds. The van der Waals surface area contributed by atoms with Gasteiger partial charge in [-0.15, -0.1) is 11.3 Å². The third-order valence-corrected chi connectivity index (χ3v) is 8.67. The van der Waals surface area contributed by atoms with Crippen molar-refractivity contribution in [2.45, 2.75) is 44.0 Å². The Balaban J connectivity index is 1.90. The summed E-state index contributed by atoms with van der Waals surface area (Å²) in [5.74, 6) is 0. The number of aryl methyl sites for hydroxylation is 2. The van der Waals surface area contributed by atoms with Crippen LogP contribution >= 0.6 is 11.3 Å². The van der Waals surface area contributed by atoms with Crippen LogP contribution in [0.25, 0.3) is 0 Å². The lowest BCUT2D eigenvalue weighted by atomic mass is 9.69. The Morgan fingerprint density at radius 1 is 1.35 bits per heavy atom. The van der Waals surface area contributed by atoms with E-state index in [1.54, 1.807) is 10.4 Å². The Bertz CT molecular complexity index is 685. The first kappa shape index (κ1) is 17.4. The van der Waals surface area contributed by atoms with Gasteiger partial charge in [0.25, 0.3) is 0 Å². The van der Waals surface area contributed by atoms with Crippen molar-refractivity contribution < 1.29 is 13.5 Å². The van der Waals surface area contributed by atoms with Gasteiger partial charge in [0.2, 0.25) is 10.0 Å². The van der Waals surface area contributed by atoms with Gasteiger partial charge in [0.05, 0.1) is 11.5 Å². The monoisotopic (exact) mass is 358 g/mol. The number of likely N-dealkylation sites (N-methyl/N-ethyl adjacent to an activating group) is 1. The summed E-state index contributed by atoms with van der Waals surface area (Å²) in [6.45, 7) is 5.91. The SMILES string of the molecule is Cc1cc(S(=O)(=O)N2CC[C@@]3(CO)CCCN(C)[C@@H]3C2)c(C)s1. The molecule has 2 atom stereocenters. The van der Waals surface area contributed by atoms with Crippen LogP contribution in [0.15, 0.2) is 11.0 Å². The van der Waals surface area contributed by atoms with Crippen molar-refractivity contribution in [3.8, 4) is 0 Å². The fraction of sp³-hybridized carbons (Fsp3) is 0.750. The maximum atomic E-state index is 13.0. The van der Waals surface area contributed by atoms with E-state index in [0.717, 1.165) is 35.6 Å². The van der Waals surface area contributed by atoms with Crippen LogP contribution in [0.2, 0.25) is 0 Å². The molecule has 0 unspecified atom stereocenters. The fourth-order valence-electron chi connectivity index (χ4n) is 4.21. The van der Waals surface area contributed by atoms with E-state index in [2.05, 4.69) is 4.90 Å². The van der Waals surface area contributed by atoms with Crippen LogP contribution < -0.4 is 0 Å². The van der Waals surface area contributed by atoms with Gasteiger partial charge in [0.1, 0.15) is 0 Å². The van der Waals surface area contributed by atoms with E-state index in [1.807, 2.05) is 20.9 Å². The van der Waals surface area contributed by atoms with Crippen molar-refractivity contribution in [2.75, 3.05) is 33.3 Å². The van der Waals surface area contributed by atoms with Crippen molar-refractivity contribution in [3.63, 3.8) is 0 Å². The molecule has 1 aromatic heterocycles. The van der Waals surface area contributed by atoms with Crippen LogP contribution in [0.4, 0.5) is 0 Å². The summed E-state index contributed by atoms with van der Waals surface area (Å²) in [6.07, 6.45) is 2.80. The maximum absolute atomic E-state index is 13.0. The molecular formula is C16H26N2O3S2. The first-order chi connectivity index (χ1) is 10.8. The largest absolute Gasteiger partial charge is 0.396 e. The maximum Gasteiger partial charge on any atom is 0.244 e. The quantitative estimate of drug-likeness (QED) is 0.896. The molecule has 130 valence electrons. The highest BCUT2D eigenvalue weighted by Crippen LogP contribution is 2.43. The number of likely N-dealkylation sites (tertiary alicyclic amines) is 1. The lowest BCUT2D eigenvalue weighted by molar-refractivity contribution is -0.0508. The summed E-state index contributed by atoms with van der Waals surface area (Å²) >= 11 is 1.53. The molecule has 5 nitrogen and oxygen atoms in total. The predicted molar refractivity (Wildman–Crippen MR) is 92.3 cm³/mol. The van der Waals surface area contributed by atoms with Crippen molar-refractivity contribution in [3.05, 3.63) is 15.8 Å². The minimum absolute atomic E-state index is 0.102. The second kappa shape index (κ2) is 6.11. The van der Waals surface area contributed by atoms with Crippen LogP contribution in [0.1, 0.15) is 29.0 Å². The van der Waals surface area contributed by atoms with Crippen LogP contribution in [0.3, 0.4) is 0 Å². The van der Waals surface area contributed by atoms with E-state index in [0.29, 0.717) is 18.0 Å². The Morgan fingerprint density at radius 2 is 2.09 bits per heavy atom. The number of aliphatic hydroxyl groups excluding tert-OH is 1. The van der Waals surface area contributed by atoms with Gasteiger partial charge in [0.15, 0.2) is 0 Å². The van der Waals surface area contributed by atoms with Crippen LogP contribution in [-0.2, 0) is 10.0 Å². The molecule has 23 heavy (non-hydrogen) atoms. The zero-order valence-corrected chi connectivity index (χ0v) is 15.7. The topological polar surface area (TPSA) is 60.9 Å². The zero-order valence-electron chi connectivity index (χ0n) is 14.1. The highest BCUT2D eigenvalue weighted by molar-refractivity contribution is 7.89. The number of fused-ring (bicyclic) bond motifs is 1. The standard InChI is InChI=1S/C16H26N2O3S2/c1-12-9-14(13(2)22-12)23(20,21)18-8-6-16(11-19)5-4-7-17(3)15(16)10-18/h9,15,19H,4-8,10-11H2,1-3H3/t15-,16-/m1/s1. The molecule has 1 aromatic rings. The Hall–Kier alpha value is -0.470. The lowest BCUT2D eigenvalue weighted by Crippen LogP contribution is -2.62. The second-order valence-electron chi connectivity index (χ2n) is 7.01. The van der Waals surface area contributed by atoms with Crippen LogP contribution in [-0.4, -0.2) is 62.1 Å². The summed E-state index contributed by atoms with van der Waals surface area (Å²) in [6, 6.07) is 1.89. The molecule has 0 spiro atoms. The van der Waals surface area contributed by atoms with Crippen LogP contribution in [0, 0.1) is 19.3 Å². The van der Waals surface area contributed by atoms with E-state index < -0.39 is 10.0 Å². The fourth-order valence-corrected chi connectivity index (χ4v) is 7.18. The molecule has 0 bridgehead atoms. The average molecular weight is 359 g/mol. The van der Waals surface area contributed by atoms with E-state index in [1.165, 1.54) is 11.3 Å². The number of sulfonamides is 1. The molecule has 2 saturated heterocycles. The average Bonchev–Trinajstić information content (AvgIpc) is 2.86. The van der Waals surface area contributed by atoms with Gasteiger partial charge < -0.3 is 10.0 Å². The zero-order chi connectivity index (χ0) is 16.8. The van der Waals surface area contributed by atoms with E-state index in [9.17, 15) is 13.5 Å². The molecule has 3 heterocycles. The number of nitrogens with zero attached hydrogens (tertiary/aromatic N) is 2. The molecule has 2 aliphatic rings. The summed E-state index contributed by atoms with van der Waals surface area (Å²) in [5.41, 5.74) is -0.140. The number of hydrogen-bond donors (Lipinski definition) is 1. The number of rotatable bonds is 3. The predicted octanol–water partition coefficient (Wildman–Crippen LogP) is 1.83. The highest BCUT2D eigenvalue weighted by atomic mass is 32.2. The van der Waals surface area contributed by atoms with Crippen molar-refractivity contribution in [2.24, 2.45) is 5.41 Å². The minimum atomic E-state index is -3.45. The normalized spacial score (nSPS) is 30.3. The molecule has 7 heteroatoms. The summed E-state index contributed by atoms with van der Waals surface area (Å²) < 4.78 is 27.7. The second-order valence-corrected chi connectivity index (χ2v) is 10.4. The molecule has 2 aliphatic heterocycles. The number of thiophene rings is 1. The van der Waals surface area contributed by atoms with E-state index in [4.69, 9.17) is 0 Å². The number of hydrogen-bond acceptors (Lipinski definition) is 5. The van der Waals surface area contributed by atoms with Crippen molar-refractivity contribution in [1.82, 2.24) is 9.21 Å². The third kappa shape index (κ3) is 2.87. The van der Waals surface area contributed by atoms with Crippen LogP contribution in [0.5, 0.6) is 0 Å². The Kier molecular flexibility index (Phi) is 4.61. The Morgan fingerprint density at radius 3 is 2.70 bits per heavy atom. The number of aliphatic hydroxyl groups is 1. The molecule has 0 aromatic carbocycles. The smallest absolute Gasteiger partial charge is 0.244 e. The van der Waals surface area contributed by atoms with Gasteiger partial charge in [-0.3, -0.25) is 0 Å². The molecule has 0 radical (unpaired) electrons. The first-order valence-electron chi connectivity index (χ1n) is 8.18. The summed E-state index contributed by atoms with van der Waals surface area (Å²) in [4.78, 5) is 4.57. The number of piperidine rings is 2. The van der Waals surface area contributed by atoms with Crippen molar-refractivity contribution >= 4 is 21.4 Å². The van der Waals surface area contributed by atoms with Gasteiger partial charge in [-0.05, 0) is 52.8 Å². The minimum Gasteiger partial charge on any atom is -0.396 e. The molecular weight excluding hydrogens is 332 g/mol. The molecule has 0 saturated carbocycles. The van der Waals surface area contributed by atoms with Crippen molar-refractivity contribution in [1.29, 1.82) is 0 Å². The molecule has 3 rings (SSSR count). The molecule has 0 aliphatic carbocycles. The highest BCUT2D eigenvalue weighted by Gasteiger charge is 2.48. The Labute approximate surface area is 143 Å². The first-order valence-corrected chi connectivity index (χ1v) is 10.4. The van der Waals surface area contributed by atoms with Gasteiger partial charge in [-0.2, -0.15) is 4.31 Å². The third-order valence-electron chi connectivity index (χ3n) is 5.59. The molecule has 2 fully saturated rings. The van der Waals surface area contributed by atoms with E-state index in [-0.39, 0.29) is 18.1 Å². The van der Waals surface area contributed by atoms with E-state index >= 15 is 0 Å². The molecule has 1 N–H and O–H groups in total. The van der Waals surface area contributed by atoms with Gasteiger partial charge in [-0.25, -0.2) is 8.42 Å². The van der Waals surface area contributed by atoms with Gasteiger partial charge in [-0.1, -0.05) is 0 Å². The summed E-state index contributed by atoms with van der Waals surface area (Å²) in [5, 5.41) is 9.96.